The number of carbonyl (C=O) groups is 1. The molecule has 7 nitrogen and oxygen atoms in total. The lowest BCUT2D eigenvalue weighted by Gasteiger charge is -2.49. The quantitative estimate of drug-likeness (QED) is 0.623. The molecular weight excluding hydrogens is 344 g/mol. The van der Waals surface area contributed by atoms with E-state index in [0.717, 1.165) is 57.2 Å². The van der Waals surface area contributed by atoms with Crippen LogP contribution in [-0.4, -0.2) is 80.0 Å². The number of nitrogens with two attached hydrogens (primary N) is 1. The van der Waals surface area contributed by atoms with Crippen molar-refractivity contribution in [2.24, 2.45) is 0 Å². The maximum atomic E-state index is 11.6. The second-order valence-electron chi connectivity index (χ2n) is 8.31. The average molecular weight is 377 g/mol. The van der Waals surface area contributed by atoms with E-state index >= 15 is 0 Å². The number of hydrogen-bond donors (Lipinski definition) is 1. The minimum atomic E-state index is -0.587. The molecule has 0 bridgehead atoms. The Morgan fingerprint density at radius 2 is 1.81 bits per heavy atom. The van der Waals surface area contributed by atoms with Gasteiger partial charge in [0.1, 0.15) is 12.2 Å². The van der Waals surface area contributed by atoms with Gasteiger partial charge in [0.15, 0.2) is 0 Å². The third-order valence-electron chi connectivity index (χ3n) is 5.08. The molecule has 0 aromatic heterocycles. The molecule has 2 heterocycles. The third-order valence-corrected chi connectivity index (χ3v) is 5.08. The summed E-state index contributed by atoms with van der Waals surface area (Å²) in [4.78, 5) is 18.8. The van der Waals surface area contributed by atoms with Gasteiger partial charge in [0.05, 0.1) is 11.4 Å². The molecular formula is C20H32N4O3. The topological polar surface area (TPSA) is 71.3 Å². The van der Waals surface area contributed by atoms with Gasteiger partial charge in [-0.05, 0) is 32.9 Å². The predicted octanol–water partition coefficient (Wildman–Crippen LogP) is 2.03. The summed E-state index contributed by atoms with van der Waals surface area (Å²) in [5, 5.41) is 0. The number of benzene rings is 1. The Hall–Kier alpha value is -1.99. The molecule has 0 amide bonds. The van der Waals surface area contributed by atoms with Crippen molar-refractivity contribution in [3.05, 3.63) is 24.3 Å². The van der Waals surface area contributed by atoms with Crippen LogP contribution in [0.2, 0.25) is 0 Å². The van der Waals surface area contributed by atoms with Gasteiger partial charge in [-0.25, -0.2) is 4.79 Å². The standard InChI is InChI=1S/C20H32N4O3/c1-20(2,3)27-19(25)26-13-12-22-8-10-23(11-9-22)16-14-24(15-16)18-7-5-4-6-17(18)21/h4-7,16H,8-15,21H2,1-3H3. The summed E-state index contributed by atoms with van der Waals surface area (Å²) in [5.41, 5.74) is 7.56. The van der Waals surface area contributed by atoms with Gasteiger partial charge in [0, 0.05) is 51.9 Å². The second kappa shape index (κ2) is 8.35. The summed E-state index contributed by atoms with van der Waals surface area (Å²) in [6, 6.07) is 8.67. The molecule has 0 saturated carbocycles. The molecule has 7 heteroatoms. The Bertz CT molecular complexity index is 632. The van der Waals surface area contributed by atoms with Gasteiger partial charge in [-0.2, -0.15) is 0 Å². The molecule has 2 aliphatic rings. The molecule has 0 unspecified atom stereocenters. The van der Waals surface area contributed by atoms with Gasteiger partial charge in [-0.1, -0.05) is 12.1 Å². The first-order chi connectivity index (χ1) is 12.8. The van der Waals surface area contributed by atoms with E-state index in [1.807, 2.05) is 39.0 Å². The first-order valence-electron chi connectivity index (χ1n) is 9.73. The summed E-state index contributed by atoms with van der Waals surface area (Å²) >= 11 is 0. The van der Waals surface area contributed by atoms with Crippen LogP contribution in [0.4, 0.5) is 16.2 Å². The molecule has 0 aliphatic carbocycles. The maximum Gasteiger partial charge on any atom is 0.508 e. The normalized spacial score (nSPS) is 19.6. The van der Waals surface area contributed by atoms with Crippen molar-refractivity contribution in [1.29, 1.82) is 0 Å². The molecule has 2 fully saturated rings. The van der Waals surface area contributed by atoms with Crippen molar-refractivity contribution in [3.63, 3.8) is 0 Å². The lowest BCUT2D eigenvalue weighted by atomic mass is 10.0. The van der Waals surface area contributed by atoms with E-state index in [2.05, 4.69) is 20.8 Å². The summed E-state index contributed by atoms with van der Waals surface area (Å²) in [6.45, 7) is 12.8. The van der Waals surface area contributed by atoms with Crippen LogP contribution in [0, 0.1) is 0 Å². The Balaban J connectivity index is 1.32. The second-order valence-corrected chi connectivity index (χ2v) is 8.31. The summed E-state index contributed by atoms with van der Waals surface area (Å²) in [5.74, 6) is 0. The molecule has 0 spiro atoms. The highest BCUT2D eigenvalue weighted by atomic mass is 16.7. The molecule has 3 rings (SSSR count). The zero-order chi connectivity index (χ0) is 19.4. The van der Waals surface area contributed by atoms with E-state index in [-0.39, 0.29) is 0 Å². The summed E-state index contributed by atoms with van der Waals surface area (Å²) in [7, 11) is 0. The molecule has 2 aliphatic heterocycles. The molecule has 1 aromatic carbocycles. The van der Waals surface area contributed by atoms with Gasteiger partial charge < -0.3 is 20.1 Å². The zero-order valence-electron chi connectivity index (χ0n) is 16.7. The van der Waals surface area contributed by atoms with Crippen molar-refractivity contribution < 1.29 is 14.3 Å². The number of nitrogen functional groups attached to an aromatic ring is 1. The summed E-state index contributed by atoms with van der Waals surface area (Å²) in [6.07, 6.45) is -0.587. The lowest BCUT2D eigenvalue weighted by molar-refractivity contribution is -0.0128. The fourth-order valence-corrected chi connectivity index (χ4v) is 3.55. The fourth-order valence-electron chi connectivity index (χ4n) is 3.55. The van der Waals surface area contributed by atoms with E-state index < -0.39 is 11.8 Å². The first-order valence-corrected chi connectivity index (χ1v) is 9.73. The summed E-state index contributed by atoms with van der Waals surface area (Å²) < 4.78 is 10.3. The van der Waals surface area contributed by atoms with Gasteiger partial charge in [-0.3, -0.25) is 9.80 Å². The van der Waals surface area contributed by atoms with Crippen molar-refractivity contribution in [2.45, 2.75) is 32.4 Å². The number of rotatable bonds is 5. The Labute approximate surface area is 162 Å². The van der Waals surface area contributed by atoms with E-state index in [0.29, 0.717) is 12.6 Å². The van der Waals surface area contributed by atoms with Gasteiger partial charge >= 0.3 is 6.16 Å². The van der Waals surface area contributed by atoms with E-state index in [9.17, 15) is 4.79 Å². The zero-order valence-corrected chi connectivity index (χ0v) is 16.7. The smallest absolute Gasteiger partial charge is 0.433 e. The number of hydrogen-bond acceptors (Lipinski definition) is 7. The van der Waals surface area contributed by atoms with Crippen LogP contribution < -0.4 is 10.6 Å². The fraction of sp³-hybridized carbons (Fsp3) is 0.650. The van der Waals surface area contributed by atoms with E-state index in [1.165, 1.54) is 0 Å². The van der Waals surface area contributed by atoms with Gasteiger partial charge in [0.25, 0.3) is 0 Å². The Morgan fingerprint density at radius 1 is 1.15 bits per heavy atom. The lowest BCUT2D eigenvalue weighted by Crippen LogP contribution is -2.63. The average Bonchev–Trinajstić information content (AvgIpc) is 2.55. The molecule has 2 saturated heterocycles. The highest BCUT2D eigenvalue weighted by molar-refractivity contribution is 5.68. The van der Waals surface area contributed by atoms with Crippen LogP contribution >= 0.6 is 0 Å². The molecule has 1 aromatic rings. The molecule has 27 heavy (non-hydrogen) atoms. The van der Waals surface area contributed by atoms with Gasteiger partial charge in [0.2, 0.25) is 0 Å². The van der Waals surface area contributed by atoms with Crippen LogP contribution in [0.1, 0.15) is 20.8 Å². The van der Waals surface area contributed by atoms with E-state index in [4.69, 9.17) is 15.2 Å². The number of para-hydroxylation sites is 2. The molecule has 0 radical (unpaired) electrons. The minimum Gasteiger partial charge on any atom is -0.433 e. The van der Waals surface area contributed by atoms with Crippen molar-refractivity contribution in [3.8, 4) is 0 Å². The number of nitrogens with zero attached hydrogens (tertiary/aromatic N) is 3. The predicted molar refractivity (Wildman–Crippen MR) is 107 cm³/mol. The number of anilines is 2. The minimum absolute atomic E-state index is 0.374. The highest BCUT2D eigenvalue weighted by Gasteiger charge is 2.34. The van der Waals surface area contributed by atoms with Crippen LogP contribution in [0.25, 0.3) is 0 Å². The van der Waals surface area contributed by atoms with Gasteiger partial charge in [-0.15, -0.1) is 0 Å². The number of piperazine rings is 1. The number of carbonyl (C=O) groups excluding carboxylic acids is 1. The van der Waals surface area contributed by atoms with Crippen LogP contribution in [0.3, 0.4) is 0 Å². The van der Waals surface area contributed by atoms with Crippen LogP contribution in [-0.2, 0) is 9.47 Å². The van der Waals surface area contributed by atoms with Crippen molar-refractivity contribution in [2.75, 3.05) is 63.1 Å². The first kappa shape index (κ1) is 19.8. The molecule has 0 atom stereocenters. The largest absolute Gasteiger partial charge is 0.508 e. The Kier molecular flexibility index (Phi) is 6.11. The molecule has 2 N–H and O–H groups in total. The van der Waals surface area contributed by atoms with Crippen LogP contribution in [0.5, 0.6) is 0 Å². The van der Waals surface area contributed by atoms with Crippen molar-refractivity contribution >= 4 is 17.5 Å². The van der Waals surface area contributed by atoms with E-state index in [1.54, 1.807) is 0 Å². The SMILES string of the molecule is CC(C)(C)OC(=O)OCCN1CCN(C2CN(c3ccccc3N)C2)CC1. The Morgan fingerprint density at radius 3 is 2.44 bits per heavy atom. The van der Waals surface area contributed by atoms with Crippen LogP contribution in [0.15, 0.2) is 24.3 Å². The monoisotopic (exact) mass is 376 g/mol. The highest BCUT2D eigenvalue weighted by Crippen LogP contribution is 2.29. The third kappa shape index (κ3) is 5.49. The number of ether oxygens (including phenoxy) is 2. The maximum absolute atomic E-state index is 11.6. The van der Waals surface area contributed by atoms with Crippen molar-refractivity contribution in [1.82, 2.24) is 9.80 Å². The molecule has 150 valence electrons.